The third kappa shape index (κ3) is 3.74. The minimum Gasteiger partial charge on any atom is -0.490 e. The quantitative estimate of drug-likeness (QED) is 0.665. The fourth-order valence-electron chi connectivity index (χ4n) is 4.63. The summed E-state index contributed by atoms with van der Waals surface area (Å²) in [5, 5.41) is 3.22. The molecule has 9 nitrogen and oxygen atoms in total. The molecule has 160 valence electrons. The molecular weight excluding hydrogens is 396 g/mol. The Labute approximate surface area is 171 Å². The van der Waals surface area contributed by atoms with Gasteiger partial charge < -0.3 is 14.8 Å². The van der Waals surface area contributed by atoms with Crippen molar-refractivity contribution in [2.45, 2.75) is 50.3 Å². The van der Waals surface area contributed by atoms with Crippen molar-refractivity contribution < 1.29 is 22.7 Å². The molecule has 3 fully saturated rings. The lowest BCUT2D eigenvalue weighted by Gasteiger charge is -2.44. The Bertz CT molecular complexity index is 824. The summed E-state index contributed by atoms with van der Waals surface area (Å²) in [5.74, 6) is 0.289. The lowest BCUT2D eigenvalue weighted by molar-refractivity contribution is -0.154. The summed E-state index contributed by atoms with van der Waals surface area (Å²) < 4.78 is 41.3. The number of piperidine rings is 1. The third-order valence-corrected chi connectivity index (χ3v) is 8.19. The molecule has 3 aliphatic heterocycles. The maximum absolute atomic E-state index is 13.5. The molecule has 10 heteroatoms. The van der Waals surface area contributed by atoms with Crippen LogP contribution < -0.4 is 10.1 Å². The van der Waals surface area contributed by atoms with Crippen LogP contribution in [-0.2, 0) is 19.7 Å². The zero-order chi connectivity index (χ0) is 20.5. The molecule has 2 atom stereocenters. The smallest absolute Gasteiger partial charge is 0.328 e. The second-order valence-electron chi connectivity index (χ2n) is 7.78. The number of carbonyl (C=O) groups excluding carboxylic acids is 1. The second-order valence-corrected chi connectivity index (χ2v) is 9.58. The SMILES string of the molecule is CCOC(=O)C12CCC(CNC1)N2S(=O)(=O)N1CCC(Oc2ccncc2)CC1. The number of esters is 1. The molecule has 29 heavy (non-hydrogen) atoms. The first-order valence-electron chi connectivity index (χ1n) is 10.2. The lowest BCUT2D eigenvalue weighted by Crippen LogP contribution is -2.68. The topological polar surface area (TPSA) is 101 Å². The summed E-state index contributed by atoms with van der Waals surface area (Å²) in [5.41, 5.74) is -1.14. The normalized spacial score (nSPS) is 28.9. The minimum atomic E-state index is -3.78. The Morgan fingerprint density at radius 2 is 2.00 bits per heavy atom. The van der Waals surface area contributed by atoms with E-state index < -0.39 is 21.7 Å². The van der Waals surface area contributed by atoms with Gasteiger partial charge in [0.25, 0.3) is 10.2 Å². The third-order valence-electron chi connectivity index (χ3n) is 6.03. The number of hydrogen-bond donors (Lipinski definition) is 1. The minimum absolute atomic E-state index is 0.0392. The summed E-state index contributed by atoms with van der Waals surface area (Å²) in [6, 6.07) is 3.37. The molecule has 0 aromatic carbocycles. The van der Waals surface area contributed by atoms with Crippen molar-refractivity contribution in [3.05, 3.63) is 24.5 Å². The van der Waals surface area contributed by atoms with Gasteiger partial charge in [-0.1, -0.05) is 0 Å². The first-order valence-corrected chi connectivity index (χ1v) is 11.6. The number of hydrogen-bond acceptors (Lipinski definition) is 7. The van der Waals surface area contributed by atoms with Crippen LogP contribution in [0.1, 0.15) is 32.6 Å². The molecule has 0 spiro atoms. The van der Waals surface area contributed by atoms with Crippen LogP contribution in [0.2, 0.25) is 0 Å². The standard InChI is InChI=1S/C19H28N4O5S/c1-2-27-18(24)19-8-3-15(13-21-14-19)23(19)29(25,26)22-11-6-17(7-12-22)28-16-4-9-20-10-5-16/h4-5,9-10,15,17,21H,2-3,6-8,11-14H2,1H3. The van der Waals surface area contributed by atoms with Gasteiger partial charge in [0.15, 0.2) is 0 Å². The summed E-state index contributed by atoms with van der Waals surface area (Å²) in [4.78, 5) is 16.7. The van der Waals surface area contributed by atoms with Crippen molar-refractivity contribution in [3.63, 3.8) is 0 Å². The fourth-order valence-corrected chi connectivity index (χ4v) is 6.78. The van der Waals surface area contributed by atoms with Gasteiger partial charge in [0, 0.05) is 44.6 Å². The van der Waals surface area contributed by atoms with E-state index in [4.69, 9.17) is 9.47 Å². The number of nitrogens with one attached hydrogen (secondary N) is 1. The molecular formula is C19H28N4O5S. The van der Waals surface area contributed by atoms with E-state index in [0.29, 0.717) is 51.9 Å². The number of ether oxygens (including phenoxy) is 2. The van der Waals surface area contributed by atoms with Gasteiger partial charge in [-0.05, 0) is 44.7 Å². The number of rotatable bonds is 6. The highest BCUT2D eigenvalue weighted by atomic mass is 32.2. The predicted molar refractivity (Wildman–Crippen MR) is 105 cm³/mol. The maximum Gasteiger partial charge on any atom is 0.328 e. The molecule has 1 aromatic heterocycles. The highest BCUT2D eigenvalue weighted by molar-refractivity contribution is 7.86. The van der Waals surface area contributed by atoms with Crippen LogP contribution in [0, 0.1) is 0 Å². The molecule has 3 saturated heterocycles. The number of carbonyl (C=O) groups is 1. The molecule has 4 heterocycles. The first-order chi connectivity index (χ1) is 14.0. The van der Waals surface area contributed by atoms with Crippen LogP contribution in [0.5, 0.6) is 5.75 Å². The number of piperazine rings is 1. The average molecular weight is 425 g/mol. The van der Waals surface area contributed by atoms with Crippen molar-refractivity contribution in [3.8, 4) is 5.75 Å². The van der Waals surface area contributed by atoms with Crippen LogP contribution >= 0.6 is 0 Å². The van der Waals surface area contributed by atoms with E-state index in [9.17, 15) is 13.2 Å². The van der Waals surface area contributed by atoms with Crippen molar-refractivity contribution in [1.82, 2.24) is 18.9 Å². The van der Waals surface area contributed by atoms with Gasteiger partial charge in [-0.15, -0.1) is 0 Å². The predicted octanol–water partition coefficient (Wildman–Crippen LogP) is 0.539. The molecule has 1 aromatic rings. The summed E-state index contributed by atoms with van der Waals surface area (Å²) in [6.07, 6.45) is 5.66. The summed E-state index contributed by atoms with van der Waals surface area (Å²) >= 11 is 0. The monoisotopic (exact) mass is 424 g/mol. The van der Waals surface area contributed by atoms with Crippen LogP contribution in [0.25, 0.3) is 0 Å². The molecule has 2 unspecified atom stereocenters. The molecule has 4 rings (SSSR count). The zero-order valence-corrected chi connectivity index (χ0v) is 17.4. The summed E-state index contributed by atoms with van der Waals surface area (Å²) in [7, 11) is -3.78. The van der Waals surface area contributed by atoms with Gasteiger partial charge in [-0.25, -0.2) is 4.79 Å². The van der Waals surface area contributed by atoms with Crippen molar-refractivity contribution in [2.24, 2.45) is 0 Å². The van der Waals surface area contributed by atoms with Crippen LogP contribution in [0.3, 0.4) is 0 Å². The van der Waals surface area contributed by atoms with Crippen LogP contribution in [0.4, 0.5) is 0 Å². The highest BCUT2D eigenvalue weighted by Gasteiger charge is 2.61. The van der Waals surface area contributed by atoms with Gasteiger partial charge in [0.05, 0.1) is 6.61 Å². The molecule has 1 N–H and O–H groups in total. The fraction of sp³-hybridized carbons (Fsp3) is 0.684. The van der Waals surface area contributed by atoms with E-state index in [1.807, 2.05) is 0 Å². The number of aromatic nitrogens is 1. The molecule has 0 amide bonds. The maximum atomic E-state index is 13.5. The van der Waals surface area contributed by atoms with E-state index in [-0.39, 0.29) is 18.8 Å². The van der Waals surface area contributed by atoms with Crippen LogP contribution in [-0.4, -0.2) is 78.5 Å². The van der Waals surface area contributed by atoms with E-state index in [0.717, 1.165) is 5.75 Å². The van der Waals surface area contributed by atoms with E-state index in [1.165, 1.54) is 8.61 Å². The van der Waals surface area contributed by atoms with Crippen molar-refractivity contribution in [1.29, 1.82) is 0 Å². The largest absolute Gasteiger partial charge is 0.490 e. The van der Waals surface area contributed by atoms with Crippen LogP contribution in [0.15, 0.2) is 24.5 Å². The highest BCUT2D eigenvalue weighted by Crippen LogP contribution is 2.41. The van der Waals surface area contributed by atoms with Gasteiger partial charge >= 0.3 is 5.97 Å². The van der Waals surface area contributed by atoms with Crippen molar-refractivity contribution in [2.75, 3.05) is 32.8 Å². The zero-order valence-electron chi connectivity index (χ0n) is 16.6. The van der Waals surface area contributed by atoms with Gasteiger partial charge in [0.2, 0.25) is 0 Å². The number of pyridine rings is 1. The number of fused-ring (bicyclic) bond motifs is 2. The Kier molecular flexibility index (Phi) is 5.78. The van der Waals surface area contributed by atoms with Crippen molar-refractivity contribution >= 4 is 16.2 Å². The van der Waals surface area contributed by atoms with Gasteiger partial charge in [-0.3, -0.25) is 4.98 Å². The Hall–Kier alpha value is -1.75. The molecule has 3 aliphatic rings. The van der Waals surface area contributed by atoms with E-state index in [1.54, 1.807) is 31.5 Å². The summed E-state index contributed by atoms with van der Waals surface area (Å²) in [6.45, 7) is 3.56. The lowest BCUT2D eigenvalue weighted by atomic mass is 9.98. The Morgan fingerprint density at radius 1 is 1.28 bits per heavy atom. The Balaban J connectivity index is 1.47. The Morgan fingerprint density at radius 3 is 2.69 bits per heavy atom. The van der Waals surface area contributed by atoms with E-state index in [2.05, 4.69) is 10.3 Å². The first kappa shape index (κ1) is 20.5. The molecule has 0 radical (unpaired) electrons. The molecule has 2 bridgehead atoms. The molecule has 0 aliphatic carbocycles. The second kappa shape index (κ2) is 8.17. The molecule has 0 saturated carbocycles. The van der Waals surface area contributed by atoms with Gasteiger partial charge in [-0.2, -0.15) is 17.0 Å². The van der Waals surface area contributed by atoms with Gasteiger partial charge in [0.1, 0.15) is 17.4 Å². The average Bonchev–Trinajstić information content (AvgIpc) is 2.97. The van der Waals surface area contributed by atoms with E-state index >= 15 is 0 Å². The number of nitrogens with zero attached hydrogens (tertiary/aromatic N) is 3.